The predicted molar refractivity (Wildman–Crippen MR) is 372 cm³/mol. The van der Waals surface area contributed by atoms with E-state index >= 15 is 0 Å². The summed E-state index contributed by atoms with van der Waals surface area (Å²) in [7, 11) is 0. The summed E-state index contributed by atoms with van der Waals surface area (Å²) in [4.78, 5) is 5.12. The Morgan fingerprint density at radius 3 is 1.23 bits per heavy atom. The van der Waals surface area contributed by atoms with Gasteiger partial charge < -0.3 is 4.42 Å². The third-order valence-corrected chi connectivity index (χ3v) is 17.8. The summed E-state index contributed by atoms with van der Waals surface area (Å²) in [5, 5.41) is 17.4. The van der Waals surface area contributed by atoms with Gasteiger partial charge in [0, 0.05) is 22.0 Å². The van der Waals surface area contributed by atoms with Crippen LogP contribution in [-0.4, -0.2) is 9.55 Å². The first kappa shape index (κ1) is 50.8. The van der Waals surface area contributed by atoms with Gasteiger partial charge in [-0.05, 0) is 181 Å². The molecule has 0 fully saturated rings. The maximum absolute atomic E-state index is 6.10. The molecule has 16 aromatic carbocycles. The summed E-state index contributed by atoms with van der Waals surface area (Å²) in [6.07, 6.45) is 0. The molecule has 0 aliphatic heterocycles. The topological polar surface area (TPSA) is 31.0 Å². The van der Waals surface area contributed by atoms with E-state index in [9.17, 15) is 0 Å². The van der Waals surface area contributed by atoms with Crippen molar-refractivity contribution in [1.82, 2.24) is 9.55 Å². The molecule has 0 unspecified atom stereocenters. The molecule has 18 aromatic rings. The first-order valence-corrected chi connectivity index (χ1v) is 30.2. The molecule has 0 bridgehead atoms. The second-order valence-electron chi connectivity index (χ2n) is 22.9. The second-order valence-corrected chi connectivity index (χ2v) is 22.9. The summed E-state index contributed by atoms with van der Waals surface area (Å²) in [5.41, 5.74) is 18.4. The Morgan fingerprint density at radius 1 is 0.227 bits per heavy atom. The summed E-state index contributed by atoms with van der Waals surface area (Å²) < 4.78 is 8.35. The van der Waals surface area contributed by atoms with E-state index in [0.29, 0.717) is 0 Å². The molecular weight excluding hydrogens is 1060 g/mol. The van der Waals surface area contributed by atoms with E-state index in [-0.39, 0.29) is 0 Å². The highest BCUT2D eigenvalue weighted by molar-refractivity contribution is 6.24. The highest BCUT2D eigenvalue weighted by Crippen LogP contribution is 2.48. The number of fused-ring (bicyclic) bond motifs is 10. The lowest BCUT2D eigenvalue weighted by Gasteiger charge is -2.19. The summed E-state index contributed by atoms with van der Waals surface area (Å²) in [5.74, 6) is 0.933. The number of imidazole rings is 1. The van der Waals surface area contributed by atoms with Crippen LogP contribution in [0.4, 0.5) is 0 Å². The van der Waals surface area contributed by atoms with E-state index < -0.39 is 0 Å². The SMILES string of the molecule is c1ccc(-c2c3ccccc3c(-c3ccc4oc5ccccc5c4c3)c3ccccc23)cc1.c1ccc(-n2c(-c3ccc(-c4ccc5c(-c6ccc7ccccc7c6)c6ccccc6c(-c6ccc7ccccc7c6)c5c4)cc3)nc3ccccc32)cc1. The molecule has 2 heterocycles. The van der Waals surface area contributed by atoms with Gasteiger partial charge >= 0.3 is 0 Å². The van der Waals surface area contributed by atoms with Crippen LogP contribution in [-0.2, 0) is 0 Å². The number of hydrogen-bond donors (Lipinski definition) is 0. The fourth-order valence-corrected chi connectivity index (χ4v) is 13.8. The van der Waals surface area contributed by atoms with Crippen molar-refractivity contribution in [2.24, 2.45) is 0 Å². The molecule has 0 aliphatic carbocycles. The number of rotatable bonds is 7. The van der Waals surface area contributed by atoms with Crippen LogP contribution in [0.1, 0.15) is 0 Å². The van der Waals surface area contributed by atoms with Crippen LogP contribution >= 0.6 is 0 Å². The van der Waals surface area contributed by atoms with E-state index in [4.69, 9.17) is 9.40 Å². The number of aromatic nitrogens is 2. The van der Waals surface area contributed by atoms with Gasteiger partial charge in [-0.25, -0.2) is 4.98 Å². The average molecular weight is 1120 g/mol. The van der Waals surface area contributed by atoms with Crippen molar-refractivity contribution in [3.8, 4) is 72.7 Å². The smallest absolute Gasteiger partial charge is 0.145 e. The van der Waals surface area contributed by atoms with Crippen LogP contribution in [0.5, 0.6) is 0 Å². The zero-order valence-electron chi connectivity index (χ0n) is 48.0. The van der Waals surface area contributed by atoms with Crippen molar-refractivity contribution in [3.05, 3.63) is 328 Å². The van der Waals surface area contributed by atoms with Crippen LogP contribution in [0.2, 0.25) is 0 Å². The summed E-state index contributed by atoms with van der Waals surface area (Å²) >= 11 is 0. The van der Waals surface area contributed by atoms with Crippen LogP contribution in [0.3, 0.4) is 0 Å². The minimum Gasteiger partial charge on any atom is -0.456 e. The van der Waals surface area contributed by atoms with Crippen LogP contribution < -0.4 is 0 Å². The lowest BCUT2D eigenvalue weighted by Crippen LogP contribution is -1.97. The Balaban J connectivity index is 0.000000155. The van der Waals surface area contributed by atoms with Crippen molar-refractivity contribution in [2.75, 3.05) is 0 Å². The normalized spacial score (nSPS) is 11.6. The van der Waals surface area contributed by atoms with Crippen molar-refractivity contribution in [2.45, 2.75) is 0 Å². The predicted octanol–water partition coefficient (Wildman–Crippen LogP) is 23.5. The van der Waals surface area contributed by atoms with Crippen molar-refractivity contribution in [3.63, 3.8) is 0 Å². The molecule has 410 valence electrons. The van der Waals surface area contributed by atoms with E-state index in [2.05, 4.69) is 320 Å². The molecule has 0 N–H and O–H groups in total. The molecule has 0 atom stereocenters. The number of hydrogen-bond acceptors (Lipinski definition) is 2. The highest BCUT2D eigenvalue weighted by atomic mass is 16.3. The largest absolute Gasteiger partial charge is 0.456 e. The van der Waals surface area contributed by atoms with Crippen LogP contribution in [0.15, 0.2) is 332 Å². The Morgan fingerprint density at radius 2 is 0.625 bits per heavy atom. The van der Waals surface area contributed by atoms with Crippen molar-refractivity contribution >= 4 is 97.6 Å². The first-order valence-electron chi connectivity index (χ1n) is 30.2. The maximum atomic E-state index is 6.10. The van der Waals surface area contributed by atoms with Crippen LogP contribution in [0.25, 0.3) is 170 Å². The minimum absolute atomic E-state index is 0.925. The van der Waals surface area contributed by atoms with Gasteiger partial charge in [0.15, 0.2) is 0 Å². The second kappa shape index (κ2) is 21.1. The molecule has 0 amide bonds. The number of nitrogens with zero attached hydrogens (tertiary/aromatic N) is 2. The van der Waals surface area contributed by atoms with Crippen LogP contribution in [0, 0.1) is 0 Å². The first-order chi connectivity index (χ1) is 43.6. The fraction of sp³-hybridized carbons (Fsp3) is 0. The third kappa shape index (κ3) is 8.63. The number of furan rings is 1. The van der Waals surface area contributed by atoms with E-state index in [1.807, 2.05) is 12.1 Å². The molecular formula is C85H54N2O. The Hall–Kier alpha value is -11.7. The van der Waals surface area contributed by atoms with Gasteiger partial charge in [0.25, 0.3) is 0 Å². The molecule has 0 spiro atoms. The summed E-state index contributed by atoms with van der Waals surface area (Å²) in [6.45, 7) is 0. The van der Waals surface area contributed by atoms with Gasteiger partial charge in [-0.3, -0.25) is 4.57 Å². The third-order valence-electron chi connectivity index (χ3n) is 17.8. The minimum atomic E-state index is 0.925. The fourth-order valence-electron chi connectivity index (χ4n) is 13.8. The van der Waals surface area contributed by atoms with Gasteiger partial charge in [0.2, 0.25) is 0 Å². The standard InChI is InChI=1S/C53H34N2.C32H20O/c1-2-16-44(17-3-1)55-50-21-11-10-20-49(50)54-53(55)38-26-22-37(23-27-38)41-30-31-47-48(34-41)52(43-29-25-36-13-5-7-15-40(36)33-43)46-19-9-8-18-45(46)51(47)42-28-24-35-12-4-6-14-39(35)32-42;1-2-10-21(11-3-1)31-24-13-4-6-15-26(24)32(27-16-7-5-14-25(27)31)22-18-19-30-28(20-22)23-12-8-9-17-29(23)33-30/h1-34H;1-20H. The zero-order chi connectivity index (χ0) is 58.1. The molecule has 0 aliphatic rings. The van der Waals surface area contributed by atoms with E-state index in [0.717, 1.165) is 55.6 Å². The highest BCUT2D eigenvalue weighted by Gasteiger charge is 2.21. The van der Waals surface area contributed by atoms with Gasteiger partial charge in [-0.2, -0.15) is 0 Å². The Bertz CT molecular complexity index is 5680. The molecule has 18 rings (SSSR count). The Kier molecular flexibility index (Phi) is 12.2. The molecule has 3 nitrogen and oxygen atoms in total. The number of para-hydroxylation sites is 4. The lowest BCUT2D eigenvalue weighted by molar-refractivity contribution is 0.669. The van der Waals surface area contributed by atoms with Gasteiger partial charge in [0.05, 0.1) is 11.0 Å². The molecule has 88 heavy (non-hydrogen) atoms. The van der Waals surface area contributed by atoms with Crippen molar-refractivity contribution < 1.29 is 4.42 Å². The van der Waals surface area contributed by atoms with Gasteiger partial charge in [-0.1, -0.05) is 267 Å². The number of benzene rings is 16. The maximum Gasteiger partial charge on any atom is 0.145 e. The Labute approximate surface area is 508 Å². The zero-order valence-corrected chi connectivity index (χ0v) is 48.0. The lowest BCUT2D eigenvalue weighted by atomic mass is 9.84. The molecule has 2 aromatic heterocycles. The van der Waals surface area contributed by atoms with Gasteiger partial charge in [0.1, 0.15) is 17.0 Å². The quantitative estimate of drug-likeness (QED) is 0.149. The van der Waals surface area contributed by atoms with Crippen molar-refractivity contribution in [1.29, 1.82) is 0 Å². The van der Waals surface area contributed by atoms with E-state index in [1.54, 1.807) is 0 Å². The molecule has 0 radical (unpaired) electrons. The molecule has 0 saturated heterocycles. The average Bonchev–Trinajstić information content (AvgIpc) is 1.31. The van der Waals surface area contributed by atoms with E-state index in [1.165, 1.54) is 115 Å². The molecule has 0 saturated carbocycles. The monoisotopic (exact) mass is 1120 g/mol. The van der Waals surface area contributed by atoms with Gasteiger partial charge in [-0.15, -0.1) is 0 Å². The summed E-state index contributed by atoms with van der Waals surface area (Å²) in [6, 6.07) is 118. The molecule has 3 heteroatoms.